The van der Waals surface area contributed by atoms with Gasteiger partial charge in [0.15, 0.2) is 9.84 Å². The van der Waals surface area contributed by atoms with Gasteiger partial charge in [0, 0.05) is 11.9 Å². The first-order chi connectivity index (χ1) is 12.7. The van der Waals surface area contributed by atoms with Crippen molar-refractivity contribution in [2.45, 2.75) is 42.8 Å². The summed E-state index contributed by atoms with van der Waals surface area (Å²) < 4.78 is 28.9. The summed E-state index contributed by atoms with van der Waals surface area (Å²) in [5.74, 6) is 0.309. The van der Waals surface area contributed by atoms with Gasteiger partial charge in [-0.15, -0.1) is 0 Å². The number of rotatable bonds is 5. The van der Waals surface area contributed by atoms with Gasteiger partial charge in [-0.25, -0.2) is 13.4 Å². The van der Waals surface area contributed by atoms with Crippen LogP contribution in [0.3, 0.4) is 0 Å². The van der Waals surface area contributed by atoms with Gasteiger partial charge in [-0.1, -0.05) is 0 Å². The first kappa shape index (κ1) is 19.1. The van der Waals surface area contributed by atoms with Gasteiger partial charge in [-0.3, -0.25) is 0 Å². The van der Waals surface area contributed by atoms with Crippen LogP contribution in [0.15, 0.2) is 35.4 Å². The van der Waals surface area contributed by atoms with E-state index in [1.54, 1.807) is 19.1 Å². The molecule has 2 N–H and O–H groups in total. The summed E-state index contributed by atoms with van der Waals surface area (Å²) >= 11 is 0. The molecule has 0 aliphatic heterocycles. The molecule has 1 fully saturated rings. The highest BCUT2D eigenvalue weighted by Gasteiger charge is 2.39. The number of hydrogen-bond acceptors (Lipinski definition) is 8. The minimum Gasteiger partial charge on any atom is -0.470 e. The molecule has 0 amide bonds. The van der Waals surface area contributed by atoms with Crippen LogP contribution in [-0.2, 0) is 9.84 Å². The lowest BCUT2D eigenvalue weighted by molar-refractivity contribution is -0.0271. The first-order valence-corrected chi connectivity index (χ1v) is 10.3. The third kappa shape index (κ3) is 4.35. The van der Waals surface area contributed by atoms with Crippen molar-refractivity contribution in [1.82, 2.24) is 9.97 Å². The zero-order chi connectivity index (χ0) is 19.7. The molecule has 9 heteroatoms. The minimum atomic E-state index is -3.27. The van der Waals surface area contributed by atoms with E-state index in [0.717, 1.165) is 12.7 Å². The summed E-state index contributed by atoms with van der Waals surface area (Å²) in [5.41, 5.74) is -0.200. The largest absolute Gasteiger partial charge is 0.470 e. The number of sulfone groups is 1. The standard InChI is InChI=1S/C18H20N4O4S/c1-18(23)9-3-4-15(18)26-16-12(10-19)11-20-17(22-16)21-13-5-7-14(8-6-13)27(2,24)25/h5-8,11,15,23H,3-4,9H2,1-2H3,(H,20,21,22)/t15-,18+/m0/s1. The van der Waals surface area contributed by atoms with E-state index in [9.17, 15) is 18.8 Å². The van der Waals surface area contributed by atoms with Gasteiger partial charge in [0.2, 0.25) is 11.8 Å². The van der Waals surface area contributed by atoms with E-state index in [1.807, 2.05) is 6.07 Å². The number of nitrogens with one attached hydrogen (secondary N) is 1. The molecular weight excluding hydrogens is 368 g/mol. The highest BCUT2D eigenvalue weighted by Crippen LogP contribution is 2.33. The summed E-state index contributed by atoms with van der Waals surface area (Å²) in [6.07, 6.45) is 4.18. The Labute approximate surface area is 157 Å². The van der Waals surface area contributed by atoms with Gasteiger partial charge in [-0.2, -0.15) is 10.2 Å². The Balaban J connectivity index is 1.82. The number of ether oxygens (including phenoxy) is 1. The molecule has 2 atom stereocenters. The average Bonchev–Trinajstić information content (AvgIpc) is 2.93. The molecule has 0 spiro atoms. The maximum absolute atomic E-state index is 11.5. The average molecular weight is 388 g/mol. The summed E-state index contributed by atoms with van der Waals surface area (Å²) in [4.78, 5) is 8.53. The molecular formula is C18H20N4O4S. The smallest absolute Gasteiger partial charge is 0.236 e. The van der Waals surface area contributed by atoms with Gasteiger partial charge < -0.3 is 15.2 Å². The number of hydrogen-bond donors (Lipinski definition) is 2. The lowest BCUT2D eigenvalue weighted by atomic mass is 10.0. The van der Waals surface area contributed by atoms with Crippen molar-refractivity contribution < 1.29 is 18.3 Å². The van der Waals surface area contributed by atoms with E-state index in [1.165, 1.54) is 18.3 Å². The lowest BCUT2D eigenvalue weighted by Gasteiger charge is -2.26. The maximum Gasteiger partial charge on any atom is 0.236 e. The van der Waals surface area contributed by atoms with E-state index in [-0.39, 0.29) is 22.3 Å². The zero-order valence-corrected chi connectivity index (χ0v) is 15.8. The Morgan fingerprint density at radius 2 is 2.07 bits per heavy atom. The van der Waals surface area contributed by atoms with Crippen LogP contribution in [0.4, 0.5) is 11.6 Å². The Kier molecular flexibility index (Phi) is 5.04. The van der Waals surface area contributed by atoms with E-state index in [2.05, 4.69) is 15.3 Å². The van der Waals surface area contributed by atoms with Crippen LogP contribution in [0.1, 0.15) is 31.7 Å². The minimum absolute atomic E-state index is 0.106. The van der Waals surface area contributed by atoms with Crippen molar-refractivity contribution in [3.8, 4) is 11.9 Å². The van der Waals surface area contributed by atoms with Gasteiger partial charge in [-0.05, 0) is 50.5 Å². The molecule has 1 heterocycles. The highest BCUT2D eigenvalue weighted by atomic mass is 32.2. The van der Waals surface area contributed by atoms with Crippen molar-refractivity contribution >= 4 is 21.5 Å². The molecule has 142 valence electrons. The van der Waals surface area contributed by atoms with Crippen LogP contribution >= 0.6 is 0 Å². The monoisotopic (exact) mass is 388 g/mol. The fourth-order valence-electron chi connectivity index (χ4n) is 2.95. The van der Waals surface area contributed by atoms with Crippen molar-refractivity contribution in [1.29, 1.82) is 5.26 Å². The molecule has 0 radical (unpaired) electrons. The van der Waals surface area contributed by atoms with Crippen molar-refractivity contribution in [3.05, 3.63) is 36.0 Å². The Hall–Kier alpha value is -2.70. The second-order valence-corrected chi connectivity index (χ2v) is 8.82. The zero-order valence-electron chi connectivity index (χ0n) is 15.0. The van der Waals surface area contributed by atoms with Crippen molar-refractivity contribution in [3.63, 3.8) is 0 Å². The van der Waals surface area contributed by atoms with Crippen LogP contribution in [0.2, 0.25) is 0 Å². The van der Waals surface area contributed by atoms with E-state index in [4.69, 9.17) is 4.74 Å². The molecule has 0 saturated heterocycles. The molecule has 0 bridgehead atoms. The van der Waals surface area contributed by atoms with Gasteiger partial charge >= 0.3 is 0 Å². The quantitative estimate of drug-likeness (QED) is 0.798. The Morgan fingerprint density at radius 3 is 2.63 bits per heavy atom. The van der Waals surface area contributed by atoms with Crippen LogP contribution in [0, 0.1) is 11.3 Å². The molecule has 3 rings (SSSR count). The summed E-state index contributed by atoms with van der Waals surface area (Å²) in [7, 11) is -3.27. The Bertz CT molecular complexity index is 981. The van der Waals surface area contributed by atoms with Crippen LogP contribution < -0.4 is 10.1 Å². The second-order valence-electron chi connectivity index (χ2n) is 6.80. The highest BCUT2D eigenvalue weighted by molar-refractivity contribution is 7.90. The molecule has 27 heavy (non-hydrogen) atoms. The SMILES string of the molecule is C[C@@]1(O)CCC[C@@H]1Oc1nc(Nc2ccc(S(C)(=O)=O)cc2)ncc1C#N. The summed E-state index contributed by atoms with van der Waals surface area (Å²) in [6.45, 7) is 1.71. The number of anilines is 2. The van der Waals surface area contributed by atoms with Gasteiger partial charge in [0.1, 0.15) is 17.7 Å². The number of nitrogens with zero attached hydrogens (tertiary/aromatic N) is 3. The Morgan fingerprint density at radius 1 is 1.37 bits per heavy atom. The number of nitriles is 1. The predicted molar refractivity (Wildman–Crippen MR) is 98.5 cm³/mol. The second kappa shape index (κ2) is 7.13. The molecule has 8 nitrogen and oxygen atoms in total. The fourth-order valence-corrected chi connectivity index (χ4v) is 3.58. The normalized spacial score (nSPS) is 22.2. The van der Waals surface area contributed by atoms with E-state index < -0.39 is 21.5 Å². The maximum atomic E-state index is 11.5. The third-order valence-electron chi connectivity index (χ3n) is 4.51. The van der Waals surface area contributed by atoms with E-state index >= 15 is 0 Å². The van der Waals surface area contributed by atoms with Crippen LogP contribution in [0.5, 0.6) is 5.88 Å². The number of benzene rings is 1. The molecule has 1 aliphatic rings. The lowest BCUT2D eigenvalue weighted by Crippen LogP contribution is -2.38. The summed E-state index contributed by atoms with van der Waals surface area (Å²) in [5, 5.41) is 22.6. The molecule has 1 aromatic heterocycles. The van der Waals surface area contributed by atoms with Crippen molar-refractivity contribution in [2.24, 2.45) is 0 Å². The topological polar surface area (TPSA) is 125 Å². The first-order valence-electron chi connectivity index (χ1n) is 8.42. The van der Waals surface area contributed by atoms with Crippen LogP contribution in [0.25, 0.3) is 0 Å². The third-order valence-corrected chi connectivity index (χ3v) is 5.64. The number of aliphatic hydroxyl groups is 1. The molecule has 2 aromatic rings. The number of aromatic nitrogens is 2. The predicted octanol–water partition coefficient (Wildman–Crippen LogP) is 2.18. The van der Waals surface area contributed by atoms with Crippen LogP contribution in [-0.4, -0.2) is 41.5 Å². The molecule has 0 unspecified atom stereocenters. The fraction of sp³-hybridized carbons (Fsp3) is 0.389. The van der Waals surface area contributed by atoms with E-state index in [0.29, 0.717) is 18.5 Å². The van der Waals surface area contributed by atoms with Gasteiger partial charge in [0.05, 0.1) is 16.7 Å². The van der Waals surface area contributed by atoms with Gasteiger partial charge in [0.25, 0.3) is 0 Å². The summed E-state index contributed by atoms with van der Waals surface area (Å²) in [6, 6.07) is 8.14. The molecule has 1 saturated carbocycles. The van der Waals surface area contributed by atoms with Crippen molar-refractivity contribution in [2.75, 3.05) is 11.6 Å². The molecule has 1 aliphatic carbocycles. The molecule has 1 aromatic carbocycles.